The number of hydrogen-bond donors (Lipinski definition) is 1. The van der Waals surface area contributed by atoms with Gasteiger partial charge >= 0.3 is 12.1 Å². The van der Waals surface area contributed by atoms with Gasteiger partial charge in [-0.25, -0.2) is 9.78 Å². The van der Waals surface area contributed by atoms with Crippen LogP contribution >= 0.6 is 0 Å². The maximum Gasteiger partial charge on any atom is 0.416 e. The molecule has 0 radical (unpaired) electrons. The van der Waals surface area contributed by atoms with Gasteiger partial charge in [0.05, 0.1) is 16.8 Å². The summed E-state index contributed by atoms with van der Waals surface area (Å²) >= 11 is 0. The van der Waals surface area contributed by atoms with Gasteiger partial charge < -0.3 is 14.2 Å². The van der Waals surface area contributed by atoms with Crippen molar-refractivity contribution in [1.82, 2.24) is 14.7 Å². The highest BCUT2D eigenvalue weighted by atomic mass is 19.4. The number of carbonyl (C=O) groups is 1. The highest BCUT2D eigenvalue weighted by molar-refractivity contribution is 5.98. The Morgan fingerprint density at radius 2 is 1.83 bits per heavy atom. The largest absolute Gasteiger partial charge is 0.478 e. The standard InChI is InChI=1S/C27H20F3N3O3/c1-15-24(16(2)36-32-15)20-11-22-23(18-6-4-7-19(10-18)26(34)35)14-33(25(22)31-12-20)13-17-5-3-8-21(9-17)27(28,29)30/h3-12,14H,13H2,1-2H3,(H,34,35). The first kappa shape index (κ1) is 23.3. The number of halogens is 3. The van der Waals surface area contributed by atoms with Crippen LogP contribution in [-0.2, 0) is 12.7 Å². The fraction of sp³-hybridized carbons (Fsp3) is 0.148. The van der Waals surface area contributed by atoms with Crippen molar-refractivity contribution in [2.24, 2.45) is 0 Å². The van der Waals surface area contributed by atoms with E-state index in [-0.39, 0.29) is 12.1 Å². The maximum atomic E-state index is 13.3. The average molecular weight is 491 g/mol. The van der Waals surface area contributed by atoms with Crippen molar-refractivity contribution in [2.45, 2.75) is 26.6 Å². The summed E-state index contributed by atoms with van der Waals surface area (Å²) in [5.74, 6) is -0.425. The lowest BCUT2D eigenvalue weighted by molar-refractivity contribution is -0.137. The van der Waals surface area contributed by atoms with E-state index in [1.807, 2.05) is 13.0 Å². The number of alkyl halides is 3. The molecule has 6 nitrogen and oxygen atoms in total. The summed E-state index contributed by atoms with van der Waals surface area (Å²) in [7, 11) is 0. The lowest BCUT2D eigenvalue weighted by Crippen LogP contribution is -2.06. The van der Waals surface area contributed by atoms with E-state index in [1.165, 1.54) is 12.1 Å². The van der Waals surface area contributed by atoms with E-state index in [2.05, 4.69) is 10.1 Å². The lowest BCUT2D eigenvalue weighted by Gasteiger charge is -2.10. The molecule has 0 amide bonds. The van der Waals surface area contributed by atoms with Crippen LogP contribution in [-0.4, -0.2) is 25.8 Å². The van der Waals surface area contributed by atoms with Gasteiger partial charge in [-0.3, -0.25) is 0 Å². The lowest BCUT2D eigenvalue weighted by atomic mass is 10.0. The number of aryl methyl sites for hydroxylation is 2. The Morgan fingerprint density at radius 1 is 1.06 bits per heavy atom. The van der Waals surface area contributed by atoms with Crippen LogP contribution < -0.4 is 0 Å². The Balaban J connectivity index is 1.69. The molecule has 0 atom stereocenters. The minimum absolute atomic E-state index is 0.126. The summed E-state index contributed by atoms with van der Waals surface area (Å²) in [6, 6.07) is 13.6. The Kier molecular flexibility index (Phi) is 5.62. The number of nitrogens with zero attached hydrogens (tertiary/aromatic N) is 3. The SMILES string of the molecule is Cc1noc(C)c1-c1cnc2c(c1)c(-c1cccc(C(=O)O)c1)cn2Cc1cccc(C(F)(F)F)c1. The van der Waals surface area contributed by atoms with E-state index in [0.29, 0.717) is 33.8 Å². The molecule has 36 heavy (non-hydrogen) atoms. The summed E-state index contributed by atoms with van der Waals surface area (Å²) < 4.78 is 46.8. The normalized spacial score (nSPS) is 11.8. The van der Waals surface area contributed by atoms with Gasteiger partial charge in [-0.2, -0.15) is 13.2 Å². The van der Waals surface area contributed by atoms with Crippen molar-refractivity contribution in [3.05, 3.63) is 95.1 Å². The zero-order valence-corrected chi connectivity index (χ0v) is 19.3. The van der Waals surface area contributed by atoms with E-state index in [0.717, 1.165) is 28.6 Å². The fourth-order valence-electron chi connectivity index (χ4n) is 4.42. The van der Waals surface area contributed by atoms with Crippen molar-refractivity contribution in [3.8, 4) is 22.3 Å². The van der Waals surface area contributed by atoms with Crippen molar-refractivity contribution in [1.29, 1.82) is 0 Å². The zero-order chi connectivity index (χ0) is 25.6. The smallest absolute Gasteiger partial charge is 0.416 e. The molecule has 3 aromatic heterocycles. The first-order valence-corrected chi connectivity index (χ1v) is 11.0. The van der Waals surface area contributed by atoms with Crippen molar-refractivity contribution < 1.29 is 27.6 Å². The van der Waals surface area contributed by atoms with Crippen molar-refractivity contribution in [3.63, 3.8) is 0 Å². The van der Waals surface area contributed by atoms with Gasteiger partial charge in [-0.15, -0.1) is 0 Å². The Labute approximate surface area is 203 Å². The zero-order valence-electron chi connectivity index (χ0n) is 19.3. The van der Waals surface area contributed by atoms with Crippen LogP contribution in [0.1, 0.15) is 32.9 Å². The fourth-order valence-corrected chi connectivity index (χ4v) is 4.42. The second kappa shape index (κ2) is 8.67. The van der Waals surface area contributed by atoms with Gasteiger partial charge in [-0.1, -0.05) is 29.4 Å². The quantitative estimate of drug-likeness (QED) is 0.294. The monoisotopic (exact) mass is 491 g/mol. The topological polar surface area (TPSA) is 81.2 Å². The molecule has 182 valence electrons. The first-order chi connectivity index (χ1) is 17.1. The molecule has 0 bridgehead atoms. The maximum absolute atomic E-state index is 13.3. The van der Waals surface area contributed by atoms with Crippen LogP contribution in [0, 0.1) is 13.8 Å². The Hall–Kier alpha value is -4.40. The molecule has 0 saturated heterocycles. The Bertz CT molecular complexity index is 1600. The molecule has 0 aliphatic heterocycles. The molecule has 0 aliphatic carbocycles. The number of pyridine rings is 1. The van der Waals surface area contributed by atoms with E-state index in [4.69, 9.17) is 4.52 Å². The second-order valence-corrected chi connectivity index (χ2v) is 8.55. The number of carboxylic acids is 1. The summed E-state index contributed by atoms with van der Waals surface area (Å²) in [6.07, 6.45) is -0.982. The third kappa shape index (κ3) is 4.24. The average Bonchev–Trinajstić information content (AvgIpc) is 3.37. The van der Waals surface area contributed by atoms with Crippen molar-refractivity contribution >= 4 is 17.0 Å². The predicted molar refractivity (Wildman–Crippen MR) is 128 cm³/mol. The molecule has 1 N–H and O–H groups in total. The molecule has 9 heteroatoms. The number of benzene rings is 2. The number of fused-ring (bicyclic) bond motifs is 1. The van der Waals surface area contributed by atoms with E-state index < -0.39 is 17.7 Å². The molecule has 0 fully saturated rings. The molecule has 0 aliphatic rings. The molecule has 2 aromatic carbocycles. The minimum atomic E-state index is -4.45. The van der Waals surface area contributed by atoms with Crippen molar-refractivity contribution in [2.75, 3.05) is 0 Å². The van der Waals surface area contributed by atoms with Gasteiger partial charge in [0, 0.05) is 41.0 Å². The van der Waals surface area contributed by atoms with E-state index in [1.54, 1.807) is 48.1 Å². The molecule has 3 heterocycles. The highest BCUT2D eigenvalue weighted by Crippen LogP contribution is 2.36. The summed E-state index contributed by atoms with van der Waals surface area (Å²) in [6.45, 7) is 3.78. The molecule has 0 saturated carbocycles. The number of aromatic nitrogens is 3. The molecule has 0 spiro atoms. The van der Waals surface area contributed by atoms with Crippen LogP contribution in [0.4, 0.5) is 13.2 Å². The molecule has 5 rings (SSSR count). The Morgan fingerprint density at radius 3 is 2.53 bits per heavy atom. The predicted octanol–water partition coefficient (Wildman–Crippen LogP) is 6.74. The van der Waals surface area contributed by atoms with Gasteiger partial charge in [0.2, 0.25) is 0 Å². The third-order valence-corrected chi connectivity index (χ3v) is 6.06. The number of hydrogen-bond acceptors (Lipinski definition) is 4. The number of aromatic carboxylic acids is 1. The molecule has 0 unspecified atom stereocenters. The van der Waals surface area contributed by atoms with Crippen LogP contribution in [0.2, 0.25) is 0 Å². The highest BCUT2D eigenvalue weighted by Gasteiger charge is 2.30. The van der Waals surface area contributed by atoms with Crippen LogP contribution in [0.15, 0.2) is 71.5 Å². The molecule has 5 aromatic rings. The van der Waals surface area contributed by atoms with E-state index >= 15 is 0 Å². The van der Waals surface area contributed by atoms with Gasteiger partial charge in [0.1, 0.15) is 11.4 Å². The summed E-state index contributed by atoms with van der Waals surface area (Å²) in [5, 5.41) is 14.2. The third-order valence-electron chi connectivity index (χ3n) is 6.06. The first-order valence-electron chi connectivity index (χ1n) is 11.0. The van der Waals surface area contributed by atoms with Gasteiger partial charge in [0.25, 0.3) is 0 Å². The number of rotatable bonds is 5. The van der Waals surface area contributed by atoms with Crippen LogP contribution in [0.5, 0.6) is 0 Å². The van der Waals surface area contributed by atoms with E-state index in [9.17, 15) is 23.1 Å². The summed E-state index contributed by atoms with van der Waals surface area (Å²) in [4.78, 5) is 16.2. The summed E-state index contributed by atoms with van der Waals surface area (Å²) in [5.41, 5.74) is 4.06. The van der Waals surface area contributed by atoms with Gasteiger partial charge in [-0.05, 0) is 55.3 Å². The molecular weight excluding hydrogens is 471 g/mol. The van der Waals surface area contributed by atoms with Gasteiger partial charge in [0.15, 0.2) is 0 Å². The van der Waals surface area contributed by atoms with Crippen LogP contribution in [0.25, 0.3) is 33.3 Å². The number of carboxylic acid groups (broad SMARTS) is 1. The van der Waals surface area contributed by atoms with Crippen LogP contribution in [0.3, 0.4) is 0 Å². The minimum Gasteiger partial charge on any atom is -0.478 e. The molecular formula is C27H20F3N3O3. The second-order valence-electron chi connectivity index (χ2n) is 8.55.